The highest BCUT2D eigenvalue weighted by Gasteiger charge is 2.37. The number of ether oxygens (including phenoxy) is 3. The van der Waals surface area contributed by atoms with Gasteiger partial charge >= 0.3 is 5.97 Å². The Hall–Kier alpha value is -0.870. The first-order valence-corrected chi connectivity index (χ1v) is 6.38. The van der Waals surface area contributed by atoms with Crippen molar-refractivity contribution in [2.75, 3.05) is 33.0 Å². The van der Waals surface area contributed by atoms with Gasteiger partial charge < -0.3 is 14.2 Å². The minimum absolute atomic E-state index is 0.182. The Balaban J connectivity index is 2.24. The van der Waals surface area contributed by atoms with Crippen molar-refractivity contribution in [3.63, 3.8) is 0 Å². The van der Waals surface area contributed by atoms with Crippen molar-refractivity contribution in [2.24, 2.45) is 10.8 Å². The minimum Gasteiger partial charge on any atom is -0.462 e. The van der Waals surface area contributed by atoms with Crippen LogP contribution in [-0.2, 0) is 19.0 Å². The van der Waals surface area contributed by atoms with E-state index in [0.717, 1.165) is 19.6 Å². The molecule has 0 aromatic heterocycles. The molecule has 0 N–H and O–H groups in total. The fourth-order valence-electron chi connectivity index (χ4n) is 1.69. The van der Waals surface area contributed by atoms with Gasteiger partial charge in [-0.25, -0.2) is 4.79 Å². The van der Waals surface area contributed by atoms with E-state index in [2.05, 4.69) is 13.5 Å². The quantitative estimate of drug-likeness (QED) is 0.493. The zero-order valence-corrected chi connectivity index (χ0v) is 11.7. The van der Waals surface area contributed by atoms with Crippen molar-refractivity contribution in [2.45, 2.75) is 27.2 Å². The van der Waals surface area contributed by atoms with Crippen LogP contribution in [0.15, 0.2) is 12.7 Å². The largest absolute Gasteiger partial charge is 0.462 e. The summed E-state index contributed by atoms with van der Waals surface area (Å²) in [5.41, 5.74) is 0.0199. The summed E-state index contributed by atoms with van der Waals surface area (Å²) >= 11 is 0. The molecule has 0 radical (unpaired) electrons. The molecule has 104 valence electrons. The summed E-state index contributed by atoms with van der Waals surface area (Å²) in [4.78, 5) is 11.0. The second-order valence-electron chi connectivity index (χ2n) is 5.82. The van der Waals surface area contributed by atoms with Crippen LogP contribution in [0.5, 0.6) is 0 Å². The zero-order chi connectivity index (χ0) is 13.6. The molecule has 18 heavy (non-hydrogen) atoms. The van der Waals surface area contributed by atoms with Gasteiger partial charge in [0.1, 0.15) is 0 Å². The van der Waals surface area contributed by atoms with Gasteiger partial charge in [0, 0.05) is 16.9 Å². The first kappa shape index (κ1) is 15.2. The Bertz CT molecular complexity index is 287. The van der Waals surface area contributed by atoms with Crippen molar-refractivity contribution in [3.8, 4) is 0 Å². The van der Waals surface area contributed by atoms with E-state index in [-0.39, 0.29) is 16.8 Å². The summed E-state index contributed by atoms with van der Waals surface area (Å²) in [6, 6.07) is 0. The molecule has 0 spiro atoms. The fraction of sp³-hybridized carbons (Fsp3) is 0.786. The van der Waals surface area contributed by atoms with Gasteiger partial charge in [-0.1, -0.05) is 27.4 Å². The van der Waals surface area contributed by atoms with E-state index >= 15 is 0 Å². The highest BCUT2D eigenvalue weighted by molar-refractivity contribution is 5.81. The fourth-order valence-corrected chi connectivity index (χ4v) is 1.69. The Morgan fingerprint density at radius 2 is 2.11 bits per heavy atom. The lowest BCUT2D eigenvalue weighted by Gasteiger charge is -2.41. The van der Waals surface area contributed by atoms with Gasteiger partial charge in [0.2, 0.25) is 0 Å². The molecule has 0 saturated carbocycles. The average molecular weight is 256 g/mol. The summed E-state index contributed by atoms with van der Waals surface area (Å²) in [5.74, 6) is -0.388. The molecule has 0 amide bonds. The standard InChI is InChI=1S/C14H24O4/c1-5-12(15)18-8-13(3,4)7-16-9-14(6-2)10-17-11-14/h5H,1,6-11H2,2-4H3. The molecule has 1 saturated heterocycles. The summed E-state index contributed by atoms with van der Waals surface area (Å²) in [6.45, 7) is 12.7. The van der Waals surface area contributed by atoms with Crippen LogP contribution >= 0.6 is 0 Å². The van der Waals surface area contributed by atoms with Crippen LogP contribution in [0.1, 0.15) is 27.2 Å². The van der Waals surface area contributed by atoms with Gasteiger partial charge in [0.15, 0.2) is 0 Å². The smallest absolute Gasteiger partial charge is 0.330 e. The van der Waals surface area contributed by atoms with Crippen LogP contribution in [0, 0.1) is 10.8 Å². The molecule has 1 fully saturated rings. The Kier molecular flexibility index (Phi) is 5.35. The van der Waals surface area contributed by atoms with Gasteiger partial charge in [0.25, 0.3) is 0 Å². The van der Waals surface area contributed by atoms with E-state index in [1.165, 1.54) is 6.08 Å². The van der Waals surface area contributed by atoms with Crippen molar-refractivity contribution in [3.05, 3.63) is 12.7 Å². The molecule has 4 heteroatoms. The van der Waals surface area contributed by atoms with Crippen molar-refractivity contribution in [1.82, 2.24) is 0 Å². The molecule has 1 heterocycles. The Morgan fingerprint density at radius 3 is 2.56 bits per heavy atom. The third-order valence-corrected chi connectivity index (χ3v) is 3.24. The Morgan fingerprint density at radius 1 is 1.44 bits per heavy atom. The van der Waals surface area contributed by atoms with E-state index in [1.807, 2.05) is 13.8 Å². The van der Waals surface area contributed by atoms with Crippen molar-refractivity contribution < 1.29 is 19.0 Å². The SMILES string of the molecule is C=CC(=O)OCC(C)(C)COCC1(CC)COC1. The Labute approximate surface area is 109 Å². The maximum absolute atomic E-state index is 11.0. The topological polar surface area (TPSA) is 44.8 Å². The average Bonchev–Trinajstić information content (AvgIpc) is 2.29. The molecule has 0 bridgehead atoms. The van der Waals surface area contributed by atoms with E-state index in [9.17, 15) is 4.79 Å². The first-order chi connectivity index (χ1) is 8.43. The molecule has 1 aliphatic rings. The number of carbonyl (C=O) groups excluding carboxylic acids is 1. The van der Waals surface area contributed by atoms with Gasteiger partial charge in [-0.3, -0.25) is 0 Å². The summed E-state index contributed by atoms with van der Waals surface area (Å²) in [5, 5.41) is 0. The zero-order valence-electron chi connectivity index (χ0n) is 11.7. The van der Waals surface area contributed by atoms with Crippen LogP contribution < -0.4 is 0 Å². The van der Waals surface area contributed by atoms with Crippen LogP contribution in [-0.4, -0.2) is 39.0 Å². The molecule has 0 aromatic carbocycles. The van der Waals surface area contributed by atoms with Gasteiger partial charge in [-0.15, -0.1) is 0 Å². The molecular weight excluding hydrogens is 232 g/mol. The monoisotopic (exact) mass is 256 g/mol. The van der Waals surface area contributed by atoms with E-state index in [0.29, 0.717) is 19.8 Å². The predicted octanol–water partition coefficient (Wildman–Crippen LogP) is 2.18. The van der Waals surface area contributed by atoms with Crippen LogP contribution in [0.25, 0.3) is 0 Å². The molecule has 4 nitrogen and oxygen atoms in total. The second kappa shape index (κ2) is 6.34. The lowest BCUT2D eigenvalue weighted by Crippen LogP contribution is -2.46. The minimum atomic E-state index is -0.388. The molecule has 0 atom stereocenters. The van der Waals surface area contributed by atoms with Gasteiger partial charge in [-0.05, 0) is 6.42 Å². The molecule has 0 aromatic rings. The van der Waals surface area contributed by atoms with Crippen LogP contribution in [0.4, 0.5) is 0 Å². The number of hydrogen-bond acceptors (Lipinski definition) is 4. The van der Waals surface area contributed by atoms with E-state index in [4.69, 9.17) is 14.2 Å². The van der Waals surface area contributed by atoms with Gasteiger partial charge in [0.05, 0.1) is 33.0 Å². The van der Waals surface area contributed by atoms with Crippen molar-refractivity contribution >= 4 is 5.97 Å². The van der Waals surface area contributed by atoms with E-state index < -0.39 is 0 Å². The molecule has 0 aliphatic carbocycles. The number of esters is 1. The third-order valence-electron chi connectivity index (χ3n) is 3.24. The maximum Gasteiger partial charge on any atom is 0.330 e. The van der Waals surface area contributed by atoms with Crippen LogP contribution in [0.2, 0.25) is 0 Å². The van der Waals surface area contributed by atoms with E-state index in [1.54, 1.807) is 0 Å². The summed E-state index contributed by atoms with van der Waals surface area (Å²) in [7, 11) is 0. The summed E-state index contributed by atoms with van der Waals surface area (Å²) < 4.78 is 16.1. The normalized spacial score (nSPS) is 17.9. The number of hydrogen-bond donors (Lipinski definition) is 0. The van der Waals surface area contributed by atoms with Gasteiger partial charge in [-0.2, -0.15) is 0 Å². The number of carbonyl (C=O) groups is 1. The molecule has 0 unspecified atom stereocenters. The lowest BCUT2D eigenvalue weighted by molar-refractivity contribution is -0.160. The summed E-state index contributed by atoms with van der Waals surface area (Å²) in [6.07, 6.45) is 2.24. The third kappa shape index (κ3) is 4.42. The maximum atomic E-state index is 11.0. The highest BCUT2D eigenvalue weighted by atomic mass is 16.5. The molecular formula is C14H24O4. The second-order valence-corrected chi connectivity index (χ2v) is 5.82. The van der Waals surface area contributed by atoms with Crippen LogP contribution in [0.3, 0.4) is 0 Å². The molecule has 1 aliphatic heterocycles. The predicted molar refractivity (Wildman–Crippen MR) is 69.3 cm³/mol. The highest BCUT2D eigenvalue weighted by Crippen LogP contribution is 2.32. The number of rotatable bonds is 8. The van der Waals surface area contributed by atoms with Crippen molar-refractivity contribution in [1.29, 1.82) is 0 Å². The lowest BCUT2D eigenvalue weighted by atomic mass is 9.84. The first-order valence-electron chi connectivity index (χ1n) is 6.38. The molecule has 1 rings (SSSR count).